The van der Waals surface area contributed by atoms with Gasteiger partial charge in [-0.2, -0.15) is 5.10 Å². The summed E-state index contributed by atoms with van der Waals surface area (Å²) < 4.78 is 12.7. The van der Waals surface area contributed by atoms with Gasteiger partial charge in [-0.15, -0.1) is 0 Å². The first kappa shape index (κ1) is 18.4. The van der Waals surface area contributed by atoms with Gasteiger partial charge in [0, 0.05) is 31.7 Å². The first-order valence-electron chi connectivity index (χ1n) is 9.11. The van der Waals surface area contributed by atoms with E-state index in [1.165, 1.54) is 0 Å². The standard InChI is InChI=1S/C18H28N6O2/c1-5-19-18(20-9-14-8-12(2)26-13(14)3)21-15-6-7-17-22-16(11-25-4)23-24(17)10-15/h8,15H,5-7,9-11H2,1-4H3,(H2,19,20,21). The Morgan fingerprint density at radius 1 is 1.46 bits per heavy atom. The van der Waals surface area contributed by atoms with Gasteiger partial charge in [0.15, 0.2) is 11.8 Å². The minimum atomic E-state index is 0.268. The van der Waals surface area contributed by atoms with Gasteiger partial charge in [0.2, 0.25) is 0 Å². The third kappa shape index (κ3) is 4.43. The highest BCUT2D eigenvalue weighted by atomic mass is 16.5. The third-order valence-corrected chi connectivity index (χ3v) is 4.41. The molecule has 26 heavy (non-hydrogen) atoms. The number of rotatable bonds is 6. The number of guanidine groups is 1. The molecule has 8 nitrogen and oxygen atoms in total. The van der Waals surface area contributed by atoms with Crippen molar-refractivity contribution in [1.29, 1.82) is 0 Å². The van der Waals surface area contributed by atoms with Crippen LogP contribution in [-0.2, 0) is 30.9 Å². The first-order valence-corrected chi connectivity index (χ1v) is 9.11. The van der Waals surface area contributed by atoms with Crippen LogP contribution in [0, 0.1) is 13.8 Å². The van der Waals surface area contributed by atoms with Gasteiger partial charge in [-0.1, -0.05) is 0 Å². The number of aryl methyl sites for hydroxylation is 3. The molecule has 0 aromatic carbocycles. The van der Waals surface area contributed by atoms with Crippen molar-refractivity contribution in [2.24, 2.45) is 4.99 Å². The largest absolute Gasteiger partial charge is 0.466 e. The second-order valence-corrected chi connectivity index (χ2v) is 6.57. The number of nitrogens with one attached hydrogen (secondary N) is 2. The molecule has 0 spiro atoms. The van der Waals surface area contributed by atoms with E-state index >= 15 is 0 Å². The zero-order valence-corrected chi connectivity index (χ0v) is 16.0. The molecule has 3 heterocycles. The predicted molar refractivity (Wildman–Crippen MR) is 99.0 cm³/mol. The lowest BCUT2D eigenvalue weighted by atomic mass is 10.1. The molecule has 2 aromatic rings. The summed E-state index contributed by atoms with van der Waals surface area (Å²) in [5.41, 5.74) is 1.12. The number of aliphatic imine (C=N–C) groups is 1. The maximum Gasteiger partial charge on any atom is 0.191 e. The number of hydrogen-bond acceptors (Lipinski definition) is 5. The van der Waals surface area contributed by atoms with Crippen molar-refractivity contribution in [3.8, 4) is 0 Å². The minimum absolute atomic E-state index is 0.268. The highest BCUT2D eigenvalue weighted by Crippen LogP contribution is 2.15. The lowest BCUT2D eigenvalue weighted by molar-refractivity contribution is 0.177. The molecule has 142 valence electrons. The fourth-order valence-electron chi connectivity index (χ4n) is 3.19. The zero-order valence-electron chi connectivity index (χ0n) is 16.0. The fourth-order valence-corrected chi connectivity index (χ4v) is 3.19. The highest BCUT2D eigenvalue weighted by molar-refractivity contribution is 5.80. The number of aromatic nitrogens is 3. The maximum atomic E-state index is 5.58. The number of hydrogen-bond donors (Lipinski definition) is 2. The van der Waals surface area contributed by atoms with E-state index in [0.717, 1.165) is 60.6 Å². The molecule has 1 atom stereocenters. The molecule has 1 aliphatic heterocycles. The number of ether oxygens (including phenoxy) is 1. The van der Waals surface area contributed by atoms with Crippen molar-refractivity contribution in [3.63, 3.8) is 0 Å². The average Bonchev–Trinajstić information content (AvgIpc) is 3.14. The zero-order chi connectivity index (χ0) is 18.5. The lowest BCUT2D eigenvalue weighted by Gasteiger charge is -2.25. The van der Waals surface area contributed by atoms with E-state index in [0.29, 0.717) is 13.2 Å². The minimum Gasteiger partial charge on any atom is -0.466 e. The Labute approximate surface area is 154 Å². The Morgan fingerprint density at radius 2 is 2.31 bits per heavy atom. The Kier molecular flexibility index (Phi) is 5.92. The fraction of sp³-hybridized carbons (Fsp3) is 0.611. The molecular weight excluding hydrogens is 332 g/mol. The van der Waals surface area contributed by atoms with Crippen LogP contribution in [0.15, 0.2) is 15.5 Å². The molecule has 3 rings (SSSR count). The van der Waals surface area contributed by atoms with E-state index in [4.69, 9.17) is 14.1 Å². The predicted octanol–water partition coefficient (Wildman–Crippen LogP) is 1.70. The van der Waals surface area contributed by atoms with Crippen molar-refractivity contribution >= 4 is 5.96 Å². The molecule has 0 amide bonds. The lowest BCUT2D eigenvalue weighted by Crippen LogP contribution is -2.47. The molecule has 8 heteroatoms. The van der Waals surface area contributed by atoms with Crippen molar-refractivity contribution in [3.05, 3.63) is 34.8 Å². The van der Waals surface area contributed by atoms with Gasteiger partial charge < -0.3 is 19.8 Å². The van der Waals surface area contributed by atoms with E-state index < -0.39 is 0 Å². The first-order chi connectivity index (χ1) is 12.6. The molecule has 2 N–H and O–H groups in total. The number of nitrogens with zero attached hydrogens (tertiary/aromatic N) is 4. The molecule has 0 saturated carbocycles. The van der Waals surface area contributed by atoms with E-state index in [1.807, 2.05) is 24.6 Å². The summed E-state index contributed by atoms with van der Waals surface area (Å²) in [5.74, 6) is 4.44. The Bertz CT molecular complexity index is 764. The number of furan rings is 1. The van der Waals surface area contributed by atoms with Crippen LogP contribution in [0.3, 0.4) is 0 Å². The molecule has 1 aliphatic rings. The second-order valence-electron chi connectivity index (χ2n) is 6.57. The van der Waals surface area contributed by atoms with Crippen LogP contribution in [0.5, 0.6) is 0 Å². The normalized spacial score (nSPS) is 17.2. The van der Waals surface area contributed by atoms with Crippen LogP contribution in [0.1, 0.15) is 42.1 Å². The SMILES string of the molecule is CCNC(=NCc1cc(C)oc1C)NC1CCc2nc(COC)nn2C1. The summed E-state index contributed by atoms with van der Waals surface area (Å²) in [6.07, 6.45) is 1.90. The average molecular weight is 360 g/mol. The summed E-state index contributed by atoms with van der Waals surface area (Å²) in [4.78, 5) is 9.23. The summed E-state index contributed by atoms with van der Waals surface area (Å²) in [6.45, 7) is 8.64. The van der Waals surface area contributed by atoms with Gasteiger partial charge >= 0.3 is 0 Å². The topological polar surface area (TPSA) is 89.5 Å². The van der Waals surface area contributed by atoms with E-state index in [9.17, 15) is 0 Å². The van der Waals surface area contributed by atoms with Gasteiger partial charge in [0.1, 0.15) is 24.0 Å². The molecule has 0 saturated heterocycles. The second kappa shape index (κ2) is 8.35. The third-order valence-electron chi connectivity index (χ3n) is 4.41. The van der Waals surface area contributed by atoms with Crippen molar-refractivity contribution in [2.75, 3.05) is 13.7 Å². The van der Waals surface area contributed by atoms with Gasteiger partial charge in [-0.05, 0) is 33.3 Å². The summed E-state index contributed by atoms with van der Waals surface area (Å²) in [6, 6.07) is 2.31. The van der Waals surface area contributed by atoms with Crippen LogP contribution in [0.2, 0.25) is 0 Å². The number of fused-ring (bicyclic) bond motifs is 1. The highest BCUT2D eigenvalue weighted by Gasteiger charge is 2.22. The molecule has 1 unspecified atom stereocenters. The van der Waals surface area contributed by atoms with Gasteiger partial charge in [-0.3, -0.25) is 0 Å². The van der Waals surface area contributed by atoms with Crippen LogP contribution >= 0.6 is 0 Å². The number of methoxy groups -OCH3 is 1. The molecule has 0 radical (unpaired) electrons. The van der Waals surface area contributed by atoms with Crippen LogP contribution in [0.4, 0.5) is 0 Å². The van der Waals surface area contributed by atoms with E-state index in [2.05, 4.69) is 27.6 Å². The summed E-state index contributed by atoms with van der Waals surface area (Å²) >= 11 is 0. The van der Waals surface area contributed by atoms with Crippen LogP contribution < -0.4 is 10.6 Å². The van der Waals surface area contributed by atoms with Gasteiger partial charge in [0.25, 0.3) is 0 Å². The summed E-state index contributed by atoms with van der Waals surface area (Å²) in [5, 5.41) is 11.4. The van der Waals surface area contributed by atoms with Crippen molar-refractivity contribution in [2.45, 2.75) is 59.4 Å². The Morgan fingerprint density at radius 3 is 3.00 bits per heavy atom. The molecule has 0 aliphatic carbocycles. The van der Waals surface area contributed by atoms with Gasteiger partial charge in [0.05, 0.1) is 13.1 Å². The van der Waals surface area contributed by atoms with Crippen LogP contribution in [0.25, 0.3) is 0 Å². The quantitative estimate of drug-likeness (QED) is 0.602. The molecule has 0 bridgehead atoms. The maximum absolute atomic E-state index is 5.58. The molecular formula is C18H28N6O2. The smallest absolute Gasteiger partial charge is 0.191 e. The Balaban J connectivity index is 1.64. The van der Waals surface area contributed by atoms with Crippen molar-refractivity contribution < 1.29 is 9.15 Å². The van der Waals surface area contributed by atoms with Gasteiger partial charge in [-0.25, -0.2) is 14.7 Å². The molecule has 2 aromatic heterocycles. The Hall–Kier alpha value is -2.35. The van der Waals surface area contributed by atoms with E-state index in [1.54, 1.807) is 7.11 Å². The summed E-state index contributed by atoms with van der Waals surface area (Å²) in [7, 11) is 1.66. The van der Waals surface area contributed by atoms with Crippen molar-refractivity contribution in [1.82, 2.24) is 25.4 Å². The molecule has 0 fully saturated rings. The van der Waals surface area contributed by atoms with E-state index in [-0.39, 0.29) is 6.04 Å². The monoisotopic (exact) mass is 360 g/mol. The van der Waals surface area contributed by atoms with Crippen LogP contribution in [-0.4, -0.2) is 40.4 Å².